The number of amides is 3. The number of hydrogen-bond acceptors (Lipinski definition) is 5. The first kappa shape index (κ1) is 24.3. The molecule has 0 saturated heterocycles. The number of carbonyl (C=O) groups is 3. The molecule has 0 aliphatic rings. The monoisotopic (exact) mass is 407 g/mol. The van der Waals surface area contributed by atoms with E-state index in [1.54, 1.807) is 20.8 Å². The fraction of sp³-hybridized carbons (Fsp3) is 0.571. The molecule has 162 valence electrons. The number of rotatable bonds is 10. The van der Waals surface area contributed by atoms with E-state index in [2.05, 4.69) is 16.0 Å². The van der Waals surface area contributed by atoms with Crippen LogP contribution in [-0.2, 0) is 14.3 Å². The first-order valence-corrected chi connectivity index (χ1v) is 9.78. The third-order valence-corrected chi connectivity index (χ3v) is 3.93. The smallest absolute Gasteiger partial charge is 0.407 e. The summed E-state index contributed by atoms with van der Waals surface area (Å²) in [6, 6.07) is 5.72. The van der Waals surface area contributed by atoms with Crippen molar-refractivity contribution in [3.05, 3.63) is 29.3 Å². The predicted octanol–water partition coefficient (Wildman–Crippen LogP) is 2.22. The molecular weight excluding hydrogens is 374 g/mol. The molecular formula is C21H33N3O5. The molecule has 0 radical (unpaired) electrons. The number of carbonyl (C=O) groups excluding carboxylic acids is 3. The second-order valence-corrected chi connectivity index (χ2v) is 7.72. The van der Waals surface area contributed by atoms with Crippen molar-refractivity contribution in [3.63, 3.8) is 0 Å². The maximum atomic E-state index is 11.8. The van der Waals surface area contributed by atoms with Crippen molar-refractivity contribution < 1.29 is 23.9 Å². The van der Waals surface area contributed by atoms with Crippen LogP contribution in [0.2, 0.25) is 0 Å². The van der Waals surface area contributed by atoms with E-state index in [1.807, 2.05) is 32.0 Å². The summed E-state index contributed by atoms with van der Waals surface area (Å²) in [5, 5.41) is 8.02. The van der Waals surface area contributed by atoms with Crippen LogP contribution in [-0.4, -0.2) is 49.7 Å². The van der Waals surface area contributed by atoms with Crippen LogP contribution >= 0.6 is 0 Å². The van der Waals surface area contributed by atoms with Gasteiger partial charge in [-0.3, -0.25) is 9.59 Å². The van der Waals surface area contributed by atoms with Crippen LogP contribution in [0.5, 0.6) is 5.75 Å². The highest BCUT2D eigenvalue weighted by Gasteiger charge is 2.15. The van der Waals surface area contributed by atoms with Gasteiger partial charge in [0.25, 0.3) is 5.91 Å². The van der Waals surface area contributed by atoms with Crippen molar-refractivity contribution in [2.75, 3.05) is 26.2 Å². The van der Waals surface area contributed by atoms with Crippen molar-refractivity contribution in [3.8, 4) is 5.75 Å². The zero-order valence-corrected chi connectivity index (χ0v) is 18.0. The van der Waals surface area contributed by atoms with Crippen LogP contribution in [0.1, 0.15) is 44.7 Å². The highest BCUT2D eigenvalue weighted by atomic mass is 16.6. The predicted molar refractivity (Wildman–Crippen MR) is 111 cm³/mol. The normalized spacial score (nSPS) is 10.8. The molecule has 3 amide bonds. The second-order valence-electron chi connectivity index (χ2n) is 7.72. The Morgan fingerprint density at radius 3 is 2.24 bits per heavy atom. The maximum Gasteiger partial charge on any atom is 0.407 e. The van der Waals surface area contributed by atoms with Gasteiger partial charge in [-0.2, -0.15) is 0 Å². The molecule has 8 heteroatoms. The zero-order chi connectivity index (χ0) is 21.9. The SMILES string of the molecule is Cc1cccc(OCC(=O)NCCCNC(=O)CCNC(=O)OC(C)(C)C)c1C. The topological polar surface area (TPSA) is 106 Å². The molecule has 0 atom stereocenters. The minimum atomic E-state index is -0.569. The summed E-state index contributed by atoms with van der Waals surface area (Å²) < 4.78 is 10.6. The molecule has 0 bridgehead atoms. The Bertz CT molecular complexity index is 698. The minimum absolute atomic E-state index is 0.0486. The van der Waals surface area contributed by atoms with E-state index in [0.717, 1.165) is 11.1 Å². The van der Waals surface area contributed by atoms with Gasteiger partial charge in [0.05, 0.1) is 0 Å². The average molecular weight is 408 g/mol. The first-order chi connectivity index (χ1) is 13.6. The summed E-state index contributed by atoms with van der Waals surface area (Å²) in [5.41, 5.74) is 1.56. The summed E-state index contributed by atoms with van der Waals surface area (Å²) in [6.07, 6.45) is 0.214. The van der Waals surface area contributed by atoms with E-state index < -0.39 is 11.7 Å². The fourth-order valence-corrected chi connectivity index (χ4v) is 2.30. The van der Waals surface area contributed by atoms with Crippen molar-refractivity contribution in [2.24, 2.45) is 0 Å². The van der Waals surface area contributed by atoms with E-state index in [9.17, 15) is 14.4 Å². The molecule has 1 aromatic rings. The third-order valence-electron chi connectivity index (χ3n) is 3.93. The van der Waals surface area contributed by atoms with Gasteiger partial charge in [0.2, 0.25) is 5.91 Å². The lowest BCUT2D eigenvalue weighted by Crippen LogP contribution is -2.36. The molecule has 0 saturated carbocycles. The first-order valence-electron chi connectivity index (χ1n) is 9.78. The summed E-state index contributed by atoms with van der Waals surface area (Å²) in [5.74, 6) is 0.317. The summed E-state index contributed by atoms with van der Waals surface area (Å²) in [6.45, 7) is 10.3. The third kappa shape index (κ3) is 11.0. The maximum absolute atomic E-state index is 11.8. The lowest BCUT2D eigenvalue weighted by Gasteiger charge is -2.19. The molecule has 29 heavy (non-hydrogen) atoms. The standard InChI is InChI=1S/C21H33N3O5/c1-15-8-6-9-17(16(15)2)28-14-19(26)23-12-7-11-22-18(25)10-13-24-20(27)29-21(3,4)5/h6,8-9H,7,10-14H2,1-5H3,(H,22,25)(H,23,26)(H,24,27). The van der Waals surface area contributed by atoms with Gasteiger partial charge in [0.1, 0.15) is 11.4 Å². The van der Waals surface area contributed by atoms with E-state index in [0.29, 0.717) is 25.3 Å². The molecule has 0 aliphatic carbocycles. The Labute approximate surface area is 172 Å². The molecule has 1 aromatic carbocycles. The molecule has 0 aliphatic heterocycles. The number of benzene rings is 1. The van der Waals surface area contributed by atoms with Gasteiger partial charge in [0, 0.05) is 26.1 Å². The quantitative estimate of drug-likeness (QED) is 0.516. The van der Waals surface area contributed by atoms with Crippen LogP contribution in [0, 0.1) is 13.8 Å². The van der Waals surface area contributed by atoms with Crippen molar-refractivity contribution in [1.82, 2.24) is 16.0 Å². The molecule has 0 aromatic heterocycles. The van der Waals surface area contributed by atoms with Crippen molar-refractivity contribution >= 4 is 17.9 Å². The summed E-state index contributed by atoms with van der Waals surface area (Å²) in [4.78, 5) is 35.0. The lowest BCUT2D eigenvalue weighted by molar-refractivity contribution is -0.123. The molecule has 8 nitrogen and oxygen atoms in total. The number of hydrogen-bond donors (Lipinski definition) is 3. The van der Waals surface area contributed by atoms with E-state index >= 15 is 0 Å². The minimum Gasteiger partial charge on any atom is -0.483 e. The molecule has 3 N–H and O–H groups in total. The number of nitrogens with one attached hydrogen (secondary N) is 3. The van der Waals surface area contributed by atoms with Crippen LogP contribution < -0.4 is 20.7 Å². The zero-order valence-electron chi connectivity index (χ0n) is 18.0. The van der Waals surface area contributed by atoms with Gasteiger partial charge < -0.3 is 25.4 Å². The average Bonchev–Trinajstić information content (AvgIpc) is 2.61. The molecule has 0 fully saturated rings. The number of ether oxygens (including phenoxy) is 2. The van der Waals surface area contributed by atoms with E-state index in [1.165, 1.54) is 0 Å². The number of aryl methyl sites for hydroxylation is 1. The molecule has 0 spiro atoms. The van der Waals surface area contributed by atoms with Gasteiger partial charge in [-0.25, -0.2) is 4.79 Å². The summed E-state index contributed by atoms with van der Waals surface area (Å²) in [7, 11) is 0. The van der Waals surface area contributed by atoms with Gasteiger partial charge >= 0.3 is 6.09 Å². The molecule has 0 unspecified atom stereocenters. The largest absolute Gasteiger partial charge is 0.483 e. The highest BCUT2D eigenvalue weighted by molar-refractivity contribution is 5.78. The molecule has 1 rings (SSSR count). The van der Waals surface area contributed by atoms with Crippen LogP contribution in [0.25, 0.3) is 0 Å². The highest BCUT2D eigenvalue weighted by Crippen LogP contribution is 2.20. The van der Waals surface area contributed by atoms with Crippen LogP contribution in [0.3, 0.4) is 0 Å². The van der Waals surface area contributed by atoms with Crippen LogP contribution in [0.4, 0.5) is 4.79 Å². The van der Waals surface area contributed by atoms with Gasteiger partial charge in [-0.15, -0.1) is 0 Å². The molecule has 0 heterocycles. The Kier molecular flexibility index (Phi) is 9.99. The number of alkyl carbamates (subject to hydrolysis) is 1. The van der Waals surface area contributed by atoms with Gasteiger partial charge in [0.15, 0.2) is 6.61 Å². The van der Waals surface area contributed by atoms with E-state index in [4.69, 9.17) is 9.47 Å². The lowest BCUT2D eigenvalue weighted by atomic mass is 10.1. The Morgan fingerprint density at radius 1 is 0.931 bits per heavy atom. The summed E-state index contributed by atoms with van der Waals surface area (Å²) >= 11 is 0. The Morgan fingerprint density at radius 2 is 1.59 bits per heavy atom. The van der Waals surface area contributed by atoms with Crippen LogP contribution in [0.15, 0.2) is 18.2 Å². The van der Waals surface area contributed by atoms with Crippen molar-refractivity contribution in [1.29, 1.82) is 0 Å². The second kappa shape index (κ2) is 11.9. The van der Waals surface area contributed by atoms with Gasteiger partial charge in [-0.1, -0.05) is 12.1 Å². The fourth-order valence-electron chi connectivity index (χ4n) is 2.30. The Balaban J connectivity index is 2.08. The van der Waals surface area contributed by atoms with Crippen molar-refractivity contribution in [2.45, 2.75) is 53.1 Å². The van der Waals surface area contributed by atoms with Gasteiger partial charge in [-0.05, 0) is 58.2 Å². The Hall–Kier alpha value is -2.77. The van der Waals surface area contributed by atoms with E-state index in [-0.39, 0.29) is 31.4 Å².